The van der Waals surface area contributed by atoms with E-state index in [9.17, 15) is 13.2 Å². The summed E-state index contributed by atoms with van der Waals surface area (Å²) in [5, 5.41) is 19.9. The number of nitrogen functional groups attached to an aromatic ring is 1. The van der Waals surface area contributed by atoms with Crippen LogP contribution >= 0.6 is 0 Å². The van der Waals surface area contributed by atoms with Crippen LogP contribution in [0.5, 0.6) is 11.5 Å². The molecule has 136 valence electrons. The zero-order chi connectivity index (χ0) is 19.0. The number of hydrogen-bond acceptors (Lipinski definition) is 7. The second kappa shape index (κ2) is 8.76. The Kier molecular flexibility index (Phi) is 7.03. The summed E-state index contributed by atoms with van der Waals surface area (Å²) < 4.78 is 33.3. The fraction of sp³-hybridized carbons (Fsp3) is 0.133. The van der Waals surface area contributed by atoms with Gasteiger partial charge in [-0.15, -0.1) is 0 Å². The molecule has 0 spiro atoms. The first kappa shape index (κ1) is 20.1. The number of carboxylic acids is 1. The average molecular weight is 370 g/mol. The van der Waals surface area contributed by atoms with Crippen LogP contribution in [-0.2, 0) is 15.2 Å². The molecule has 0 bridgehead atoms. The van der Waals surface area contributed by atoms with Crippen LogP contribution in [0.2, 0.25) is 0 Å². The summed E-state index contributed by atoms with van der Waals surface area (Å²) in [7, 11) is -4.45. The van der Waals surface area contributed by atoms with E-state index >= 15 is 0 Å². The van der Waals surface area contributed by atoms with E-state index in [1.165, 1.54) is 24.3 Å². The molecular formula is C15H18N2O7S. The van der Waals surface area contributed by atoms with Crippen LogP contribution in [0, 0.1) is 6.92 Å². The van der Waals surface area contributed by atoms with E-state index in [2.05, 4.69) is 9.50 Å². The molecule has 0 saturated carbocycles. The molecule has 0 heterocycles. The normalized spacial score (nSPS) is 10.3. The number of phenols is 1. The number of hydrogen-bond donors (Lipinski definition) is 5. The van der Waals surface area contributed by atoms with Gasteiger partial charge in [-0.2, -0.15) is 8.42 Å². The maximum absolute atomic E-state index is 10.3. The summed E-state index contributed by atoms with van der Waals surface area (Å²) >= 11 is 0. The Balaban J connectivity index is 0.000000251. The summed E-state index contributed by atoms with van der Waals surface area (Å²) in [5.41, 5.74) is 7.14. The van der Waals surface area contributed by atoms with Crippen LogP contribution in [0.25, 0.3) is 0 Å². The number of benzene rings is 2. The summed E-state index contributed by atoms with van der Waals surface area (Å²) in [6.45, 7) is 1.50. The SMILES string of the molecule is Cc1cc(N)ccc1OS(=O)(=O)O.O=C(O)CNc1ccc(O)cc1. The fourth-order valence-corrected chi connectivity index (χ4v) is 2.05. The lowest BCUT2D eigenvalue weighted by atomic mass is 10.2. The van der Waals surface area contributed by atoms with Gasteiger partial charge in [0.25, 0.3) is 0 Å². The number of aryl methyl sites for hydroxylation is 1. The van der Waals surface area contributed by atoms with Crippen molar-refractivity contribution >= 4 is 27.7 Å². The van der Waals surface area contributed by atoms with Crippen molar-refractivity contribution in [2.45, 2.75) is 6.92 Å². The molecule has 0 amide bonds. The number of carboxylic acid groups (broad SMARTS) is 1. The molecule has 0 aliphatic heterocycles. The largest absolute Gasteiger partial charge is 0.508 e. The Morgan fingerprint density at radius 3 is 2.28 bits per heavy atom. The molecule has 0 aliphatic rings. The second-order valence-corrected chi connectivity index (χ2v) is 5.85. The molecule has 25 heavy (non-hydrogen) atoms. The van der Waals surface area contributed by atoms with Crippen molar-refractivity contribution in [3.8, 4) is 11.5 Å². The van der Waals surface area contributed by atoms with Gasteiger partial charge < -0.3 is 25.4 Å². The van der Waals surface area contributed by atoms with Crippen LogP contribution in [0.15, 0.2) is 42.5 Å². The maximum Gasteiger partial charge on any atom is 0.446 e. The fourth-order valence-electron chi connectivity index (χ4n) is 1.64. The maximum atomic E-state index is 10.3. The lowest BCUT2D eigenvalue weighted by Gasteiger charge is -2.04. The highest BCUT2D eigenvalue weighted by molar-refractivity contribution is 7.81. The topological polar surface area (TPSA) is 159 Å². The van der Waals surface area contributed by atoms with E-state index in [0.717, 1.165) is 0 Å². The quantitative estimate of drug-likeness (QED) is 0.299. The number of aromatic hydroxyl groups is 1. The minimum atomic E-state index is -4.45. The van der Waals surface area contributed by atoms with Crippen LogP contribution in [-0.4, -0.2) is 35.7 Å². The van der Waals surface area contributed by atoms with E-state index in [0.29, 0.717) is 16.9 Å². The third-order valence-electron chi connectivity index (χ3n) is 2.71. The number of carbonyl (C=O) groups is 1. The van der Waals surface area contributed by atoms with E-state index in [1.807, 2.05) is 0 Å². The van der Waals surface area contributed by atoms with Gasteiger partial charge in [0.1, 0.15) is 18.0 Å². The lowest BCUT2D eigenvalue weighted by molar-refractivity contribution is -0.134. The van der Waals surface area contributed by atoms with Crippen molar-refractivity contribution in [3.63, 3.8) is 0 Å². The first-order valence-electron chi connectivity index (χ1n) is 6.84. The van der Waals surface area contributed by atoms with E-state index in [-0.39, 0.29) is 18.0 Å². The predicted molar refractivity (Wildman–Crippen MR) is 92.0 cm³/mol. The molecule has 0 atom stereocenters. The molecule has 0 radical (unpaired) electrons. The van der Waals surface area contributed by atoms with Gasteiger partial charge in [-0.1, -0.05) is 0 Å². The van der Waals surface area contributed by atoms with Crippen molar-refractivity contribution in [1.29, 1.82) is 0 Å². The zero-order valence-electron chi connectivity index (χ0n) is 13.2. The number of rotatable bonds is 5. The Hall–Kier alpha value is -2.98. The van der Waals surface area contributed by atoms with Crippen LogP contribution < -0.4 is 15.2 Å². The summed E-state index contributed by atoms with van der Waals surface area (Å²) in [6, 6.07) is 10.6. The van der Waals surface area contributed by atoms with Crippen molar-refractivity contribution in [2.75, 3.05) is 17.6 Å². The average Bonchev–Trinajstić information content (AvgIpc) is 2.49. The number of phenolic OH excluding ortho intramolecular Hbond substituents is 1. The first-order valence-corrected chi connectivity index (χ1v) is 8.21. The number of aliphatic carboxylic acids is 1. The molecule has 0 aliphatic carbocycles. The molecule has 10 heteroatoms. The van der Waals surface area contributed by atoms with E-state index in [1.54, 1.807) is 25.1 Å². The molecule has 0 fully saturated rings. The molecule has 0 saturated heterocycles. The van der Waals surface area contributed by atoms with Gasteiger partial charge in [0.05, 0.1) is 0 Å². The van der Waals surface area contributed by atoms with Gasteiger partial charge >= 0.3 is 16.4 Å². The standard InChI is InChI=1S/C8H9NO3.C7H9NO4S/c10-7-3-1-6(2-4-7)9-5-8(11)12;1-5-4-6(8)2-3-7(5)12-13(9,10)11/h1-4,9-10H,5H2,(H,11,12);2-4H,8H2,1H3,(H,9,10,11). The van der Waals surface area contributed by atoms with Crippen molar-refractivity contribution in [2.24, 2.45) is 0 Å². The Morgan fingerprint density at radius 1 is 1.20 bits per heavy atom. The van der Waals surface area contributed by atoms with Crippen molar-refractivity contribution in [3.05, 3.63) is 48.0 Å². The molecule has 0 aromatic heterocycles. The molecule has 2 aromatic rings. The van der Waals surface area contributed by atoms with Gasteiger partial charge in [0.15, 0.2) is 0 Å². The molecule has 9 nitrogen and oxygen atoms in total. The highest BCUT2D eigenvalue weighted by Crippen LogP contribution is 2.21. The van der Waals surface area contributed by atoms with Gasteiger partial charge in [-0.05, 0) is 55.0 Å². The second-order valence-electron chi connectivity index (χ2n) is 4.83. The number of nitrogens with one attached hydrogen (secondary N) is 1. The van der Waals surface area contributed by atoms with E-state index < -0.39 is 16.4 Å². The van der Waals surface area contributed by atoms with Crippen LogP contribution in [0.4, 0.5) is 11.4 Å². The number of nitrogens with two attached hydrogens (primary N) is 1. The van der Waals surface area contributed by atoms with E-state index in [4.69, 9.17) is 20.5 Å². The van der Waals surface area contributed by atoms with Gasteiger partial charge in [-0.25, -0.2) is 0 Å². The Labute approximate surface area is 144 Å². The summed E-state index contributed by atoms with van der Waals surface area (Å²) in [4.78, 5) is 10.1. The van der Waals surface area contributed by atoms with Gasteiger partial charge in [0.2, 0.25) is 0 Å². The van der Waals surface area contributed by atoms with Gasteiger partial charge in [-0.3, -0.25) is 9.35 Å². The van der Waals surface area contributed by atoms with Crippen molar-refractivity contribution < 1.29 is 32.2 Å². The molecule has 0 unspecified atom stereocenters. The zero-order valence-corrected chi connectivity index (χ0v) is 14.0. The van der Waals surface area contributed by atoms with Crippen molar-refractivity contribution in [1.82, 2.24) is 0 Å². The van der Waals surface area contributed by atoms with Crippen LogP contribution in [0.3, 0.4) is 0 Å². The smallest absolute Gasteiger partial charge is 0.446 e. The third kappa shape index (κ3) is 8.44. The predicted octanol–water partition coefficient (Wildman–Crippen LogP) is 1.65. The number of anilines is 2. The highest BCUT2D eigenvalue weighted by Gasteiger charge is 2.08. The van der Waals surface area contributed by atoms with Gasteiger partial charge in [0, 0.05) is 11.4 Å². The molecule has 6 N–H and O–H groups in total. The highest BCUT2D eigenvalue weighted by atomic mass is 32.3. The molecule has 2 aromatic carbocycles. The molecule has 2 rings (SSSR count). The third-order valence-corrected chi connectivity index (χ3v) is 3.10. The van der Waals surface area contributed by atoms with Crippen LogP contribution in [0.1, 0.15) is 5.56 Å². The monoisotopic (exact) mass is 370 g/mol. The Bertz CT molecular complexity index is 820. The summed E-state index contributed by atoms with van der Waals surface area (Å²) in [6.07, 6.45) is 0. The minimum absolute atomic E-state index is 0.0664. The first-order chi connectivity index (χ1) is 11.6. The lowest BCUT2D eigenvalue weighted by Crippen LogP contribution is -2.11. The summed E-state index contributed by atoms with van der Waals surface area (Å²) in [5.74, 6) is -0.685. The molecular weight excluding hydrogens is 352 g/mol. The Morgan fingerprint density at radius 2 is 1.80 bits per heavy atom. The minimum Gasteiger partial charge on any atom is -0.508 e.